The van der Waals surface area contributed by atoms with Crippen molar-refractivity contribution in [2.24, 2.45) is 11.3 Å². The van der Waals surface area contributed by atoms with Crippen LogP contribution >= 0.6 is 0 Å². The second-order valence-corrected chi connectivity index (χ2v) is 12.2. The van der Waals surface area contributed by atoms with Crippen LogP contribution in [-0.2, 0) is 4.74 Å². The van der Waals surface area contributed by atoms with Crippen molar-refractivity contribution >= 4 is 0 Å². The van der Waals surface area contributed by atoms with Crippen LogP contribution in [-0.4, -0.2) is 22.4 Å². The van der Waals surface area contributed by atoms with Crippen molar-refractivity contribution < 1.29 is 9.84 Å². The summed E-state index contributed by atoms with van der Waals surface area (Å²) in [5, 5.41) is 11.1. The first-order chi connectivity index (χ1) is 14.9. The van der Waals surface area contributed by atoms with E-state index in [0.29, 0.717) is 11.3 Å². The molecule has 1 saturated carbocycles. The molecule has 1 aliphatic carbocycles. The normalized spacial score (nSPS) is 31.7. The first-order valence-corrected chi connectivity index (χ1v) is 13.2. The van der Waals surface area contributed by atoms with E-state index in [0.717, 1.165) is 51.4 Å². The van der Waals surface area contributed by atoms with Gasteiger partial charge in [-0.2, -0.15) is 0 Å². The van der Waals surface area contributed by atoms with Gasteiger partial charge in [0.1, 0.15) is 0 Å². The molecule has 0 radical (unpaired) electrons. The monoisotopic (exact) mass is 444 g/mol. The predicted molar refractivity (Wildman–Crippen MR) is 139 cm³/mol. The van der Waals surface area contributed by atoms with Crippen LogP contribution in [0, 0.1) is 11.3 Å². The lowest BCUT2D eigenvalue weighted by Gasteiger charge is -2.58. The molecule has 0 amide bonds. The SMILES string of the molecule is CC(C)=CCC/C(C)=C/CC/C(C)=C/CC[C@@H](O)[C@]1(C)CC[C@H]2C(C)(C)CCC[C@]2(C)O1. The largest absolute Gasteiger partial charge is 0.390 e. The standard InChI is InChI=1S/C30H52O2/c1-23(2)13-9-14-24(3)15-10-16-25(4)17-11-18-27(31)30(8)22-19-26-28(5,6)20-12-21-29(26,7)32-30/h13,15,17,26-27,31H,9-12,14,16,18-22H2,1-8H3/b24-15+,25-17+/t26-,27+,29-,30-/m0/s1. The molecule has 0 aromatic rings. The van der Waals surface area contributed by atoms with E-state index in [2.05, 4.69) is 73.6 Å². The second kappa shape index (κ2) is 11.5. The molecule has 4 atom stereocenters. The summed E-state index contributed by atoms with van der Waals surface area (Å²) in [5.74, 6) is 0.602. The number of rotatable bonds is 10. The van der Waals surface area contributed by atoms with E-state index in [1.54, 1.807) is 0 Å². The van der Waals surface area contributed by atoms with E-state index in [1.807, 2.05) is 0 Å². The van der Waals surface area contributed by atoms with Gasteiger partial charge in [-0.25, -0.2) is 0 Å². The molecule has 0 aromatic carbocycles. The first kappa shape index (κ1) is 27.4. The van der Waals surface area contributed by atoms with Crippen molar-refractivity contribution in [3.63, 3.8) is 0 Å². The van der Waals surface area contributed by atoms with Gasteiger partial charge in [-0.05, 0) is 117 Å². The Bertz CT molecular complexity index is 694. The molecule has 2 aliphatic rings. The van der Waals surface area contributed by atoms with E-state index >= 15 is 0 Å². The van der Waals surface area contributed by atoms with Crippen molar-refractivity contribution in [3.8, 4) is 0 Å². The number of fused-ring (bicyclic) bond motifs is 1. The molecule has 1 aliphatic heterocycles. The minimum atomic E-state index is -0.411. The third-order valence-corrected chi connectivity index (χ3v) is 8.33. The lowest BCUT2D eigenvalue weighted by molar-refractivity contribution is -0.265. The molecule has 2 rings (SSSR count). The highest BCUT2D eigenvalue weighted by molar-refractivity contribution is 5.07. The Hall–Kier alpha value is -0.860. The maximum Gasteiger partial charge on any atom is 0.0919 e. The van der Waals surface area contributed by atoms with Crippen LogP contribution < -0.4 is 0 Å². The molecule has 184 valence electrons. The van der Waals surface area contributed by atoms with Crippen LogP contribution in [0.5, 0.6) is 0 Å². The van der Waals surface area contributed by atoms with Gasteiger partial charge in [-0.3, -0.25) is 0 Å². The molecule has 2 heteroatoms. The number of hydrogen-bond acceptors (Lipinski definition) is 2. The zero-order valence-corrected chi connectivity index (χ0v) is 22.5. The molecule has 32 heavy (non-hydrogen) atoms. The zero-order chi connectivity index (χ0) is 24.0. The van der Waals surface area contributed by atoms with Gasteiger partial charge in [0.05, 0.1) is 17.3 Å². The predicted octanol–water partition coefficient (Wildman–Crippen LogP) is 8.70. The Morgan fingerprint density at radius 3 is 2.09 bits per heavy atom. The summed E-state index contributed by atoms with van der Waals surface area (Å²) < 4.78 is 6.78. The average Bonchev–Trinajstić information content (AvgIpc) is 2.66. The van der Waals surface area contributed by atoms with Crippen molar-refractivity contribution in [1.29, 1.82) is 0 Å². The summed E-state index contributed by atoms with van der Waals surface area (Å²) >= 11 is 0. The zero-order valence-electron chi connectivity index (χ0n) is 22.5. The van der Waals surface area contributed by atoms with Gasteiger partial charge in [0.2, 0.25) is 0 Å². The van der Waals surface area contributed by atoms with E-state index in [1.165, 1.54) is 36.0 Å². The lowest BCUT2D eigenvalue weighted by Crippen LogP contribution is -2.60. The molecule has 0 unspecified atom stereocenters. The van der Waals surface area contributed by atoms with Crippen LogP contribution in [0.4, 0.5) is 0 Å². The molecule has 2 nitrogen and oxygen atoms in total. The summed E-state index contributed by atoms with van der Waals surface area (Å²) in [7, 11) is 0. The highest BCUT2D eigenvalue weighted by Crippen LogP contribution is 2.55. The Balaban J connectivity index is 1.80. The Morgan fingerprint density at radius 1 is 0.875 bits per heavy atom. The Labute approximate surface area is 199 Å². The van der Waals surface area contributed by atoms with Crippen LogP contribution in [0.1, 0.15) is 126 Å². The Morgan fingerprint density at radius 2 is 1.47 bits per heavy atom. The van der Waals surface area contributed by atoms with Crippen LogP contribution in [0.2, 0.25) is 0 Å². The van der Waals surface area contributed by atoms with E-state index in [9.17, 15) is 5.11 Å². The maximum atomic E-state index is 11.1. The minimum absolute atomic E-state index is 0.0860. The first-order valence-electron chi connectivity index (χ1n) is 13.2. The van der Waals surface area contributed by atoms with Crippen LogP contribution in [0.15, 0.2) is 34.9 Å². The van der Waals surface area contributed by atoms with Gasteiger partial charge >= 0.3 is 0 Å². The number of aliphatic hydroxyl groups is 1. The number of allylic oxidation sites excluding steroid dienone is 6. The van der Waals surface area contributed by atoms with Crippen molar-refractivity contribution in [2.75, 3.05) is 0 Å². The molecule has 0 aromatic heterocycles. The molecule has 1 heterocycles. The number of hydrogen-bond donors (Lipinski definition) is 1. The van der Waals surface area contributed by atoms with Gasteiger partial charge in [0.25, 0.3) is 0 Å². The fourth-order valence-corrected chi connectivity index (χ4v) is 6.27. The molecule has 1 saturated heterocycles. The molecular weight excluding hydrogens is 392 g/mol. The number of ether oxygens (including phenoxy) is 1. The average molecular weight is 445 g/mol. The number of aliphatic hydroxyl groups excluding tert-OH is 1. The van der Waals surface area contributed by atoms with E-state index in [4.69, 9.17) is 4.74 Å². The Kier molecular flexibility index (Phi) is 9.86. The van der Waals surface area contributed by atoms with Crippen LogP contribution in [0.3, 0.4) is 0 Å². The van der Waals surface area contributed by atoms with Gasteiger partial charge in [-0.15, -0.1) is 0 Å². The summed E-state index contributed by atoms with van der Waals surface area (Å²) in [4.78, 5) is 0. The summed E-state index contributed by atoms with van der Waals surface area (Å²) in [5.41, 5.74) is 4.18. The van der Waals surface area contributed by atoms with E-state index < -0.39 is 11.7 Å². The minimum Gasteiger partial charge on any atom is -0.390 e. The summed E-state index contributed by atoms with van der Waals surface area (Å²) in [6.07, 6.45) is 18.7. The summed E-state index contributed by atoms with van der Waals surface area (Å²) in [6, 6.07) is 0. The second-order valence-electron chi connectivity index (χ2n) is 12.2. The lowest BCUT2D eigenvalue weighted by atomic mass is 9.58. The fraction of sp³-hybridized carbons (Fsp3) is 0.800. The molecule has 1 N–H and O–H groups in total. The smallest absolute Gasteiger partial charge is 0.0919 e. The van der Waals surface area contributed by atoms with Crippen molar-refractivity contribution in [3.05, 3.63) is 34.9 Å². The van der Waals surface area contributed by atoms with Crippen molar-refractivity contribution in [1.82, 2.24) is 0 Å². The van der Waals surface area contributed by atoms with Gasteiger partial charge in [-0.1, -0.05) is 55.2 Å². The third-order valence-electron chi connectivity index (χ3n) is 8.33. The fourth-order valence-electron chi connectivity index (χ4n) is 6.27. The maximum absolute atomic E-state index is 11.1. The van der Waals surface area contributed by atoms with Crippen LogP contribution in [0.25, 0.3) is 0 Å². The quantitative estimate of drug-likeness (QED) is 0.341. The molecule has 0 bridgehead atoms. The third kappa shape index (κ3) is 7.59. The van der Waals surface area contributed by atoms with Gasteiger partial charge in [0.15, 0.2) is 0 Å². The summed E-state index contributed by atoms with van der Waals surface area (Å²) in [6.45, 7) is 18.1. The van der Waals surface area contributed by atoms with E-state index in [-0.39, 0.29) is 5.60 Å². The van der Waals surface area contributed by atoms with Crippen molar-refractivity contribution in [2.45, 2.75) is 143 Å². The van der Waals surface area contributed by atoms with Gasteiger partial charge in [0, 0.05) is 0 Å². The molecule has 2 fully saturated rings. The molecular formula is C30H52O2. The molecule has 0 spiro atoms. The highest BCUT2D eigenvalue weighted by Gasteiger charge is 2.54. The topological polar surface area (TPSA) is 29.5 Å². The highest BCUT2D eigenvalue weighted by atomic mass is 16.5. The van der Waals surface area contributed by atoms with Gasteiger partial charge < -0.3 is 9.84 Å².